The number of nitriles is 1. The van der Waals surface area contributed by atoms with Crippen molar-refractivity contribution in [2.24, 2.45) is 0 Å². The molecule has 0 spiro atoms. The first-order valence-corrected chi connectivity index (χ1v) is 2.19. The molecule has 0 radical (unpaired) electrons. The molecule has 0 saturated carbocycles. The van der Waals surface area contributed by atoms with E-state index in [1.165, 1.54) is 6.33 Å². The van der Waals surface area contributed by atoms with Crippen LogP contribution in [0.1, 0.15) is 5.69 Å². The summed E-state index contributed by atoms with van der Waals surface area (Å²) in [4.78, 5) is 9.10. The van der Waals surface area contributed by atoms with Crippen LogP contribution in [-0.2, 0) is 0 Å². The van der Waals surface area contributed by atoms with Crippen LogP contribution >= 0.6 is 0 Å². The number of nitrogens with one attached hydrogen (secondary N) is 1. The lowest BCUT2D eigenvalue weighted by molar-refractivity contribution is 1.29. The van der Waals surface area contributed by atoms with Crippen LogP contribution < -0.4 is 0 Å². The lowest BCUT2D eigenvalue weighted by atomic mass is 10.5. The van der Waals surface area contributed by atoms with Gasteiger partial charge in [0.2, 0.25) is 0 Å². The number of rotatable bonds is 0. The lowest BCUT2D eigenvalue weighted by Gasteiger charge is -1.76. The van der Waals surface area contributed by atoms with Crippen LogP contribution in [0.25, 0.3) is 4.85 Å². The highest BCUT2D eigenvalue weighted by Crippen LogP contribution is 2.09. The van der Waals surface area contributed by atoms with Crippen LogP contribution in [0.4, 0.5) is 5.82 Å². The third-order valence-electron chi connectivity index (χ3n) is 0.837. The Labute approximate surface area is 51.6 Å². The maximum absolute atomic E-state index is 8.26. The van der Waals surface area contributed by atoms with Gasteiger partial charge in [0.15, 0.2) is 12.0 Å². The van der Waals surface area contributed by atoms with E-state index in [1.807, 2.05) is 0 Å². The third-order valence-corrected chi connectivity index (χ3v) is 0.837. The molecule has 4 nitrogen and oxygen atoms in total. The normalized spacial score (nSPS) is 7.78. The summed E-state index contributed by atoms with van der Waals surface area (Å²) in [6.45, 7) is 6.51. The molecule has 1 heterocycles. The average molecular weight is 118 g/mol. The van der Waals surface area contributed by atoms with E-state index in [0.29, 0.717) is 0 Å². The molecule has 1 aromatic heterocycles. The number of hydrogen-bond acceptors (Lipinski definition) is 2. The van der Waals surface area contributed by atoms with Crippen molar-refractivity contribution in [3.05, 3.63) is 23.4 Å². The number of hydrogen-bond donors (Lipinski definition) is 1. The maximum atomic E-state index is 8.26. The summed E-state index contributed by atoms with van der Waals surface area (Å²) in [6.07, 6.45) is 1.33. The molecule has 9 heavy (non-hydrogen) atoms. The second-order valence-corrected chi connectivity index (χ2v) is 1.32. The van der Waals surface area contributed by atoms with Crippen molar-refractivity contribution in [1.29, 1.82) is 5.26 Å². The van der Waals surface area contributed by atoms with Gasteiger partial charge in [0.05, 0.1) is 0 Å². The fraction of sp³-hybridized carbons (Fsp3) is 0. The Bertz CT molecular complexity index is 256. The van der Waals surface area contributed by atoms with Crippen molar-refractivity contribution in [3.63, 3.8) is 0 Å². The van der Waals surface area contributed by atoms with E-state index in [0.717, 1.165) is 0 Å². The molecule has 0 saturated heterocycles. The predicted octanol–water partition coefficient (Wildman–Crippen LogP) is 0.832. The van der Waals surface area contributed by atoms with E-state index in [9.17, 15) is 0 Å². The zero-order valence-electron chi connectivity index (χ0n) is 4.42. The predicted molar refractivity (Wildman–Crippen MR) is 29.6 cm³/mol. The van der Waals surface area contributed by atoms with Gasteiger partial charge in [-0.25, -0.2) is 4.98 Å². The first-order valence-electron chi connectivity index (χ1n) is 2.19. The summed E-state index contributed by atoms with van der Waals surface area (Å²) in [5.74, 6) is 0.206. The van der Waals surface area contributed by atoms with E-state index >= 15 is 0 Å². The summed E-state index contributed by atoms with van der Waals surface area (Å²) in [7, 11) is 0. The lowest BCUT2D eigenvalue weighted by Crippen LogP contribution is -1.67. The first kappa shape index (κ1) is 5.33. The second-order valence-electron chi connectivity index (χ2n) is 1.32. The highest BCUT2D eigenvalue weighted by Gasteiger charge is 1.99. The van der Waals surface area contributed by atoms with Crippen molar-refractivity contribution in [2.75, 3.05) is 0 Å². The molecule has 0 bridgehead atoms. The molecule has 1 aromatic rings. The quantitative estimate of drug-likeness (QED) is 0.513. The zero-order valence-corrected chi connectivity index (χ0v) is 4.42. The van der Waals surface area contributed by atoms with Crippen LogP contribution in [0.2, 0.25) is 0 Å². The fourth-order valence-electron chi connectivity index (χ4n) is 0.455. The molecule has 4 heteroatoms. The standard InChI is InChI=1S/C5H2N4/c1-7-5-4(2-6)8-3-9-5/h3H,(H,8,9). The van der Waals surface area contributed by atoms with Crippen LogP contribution in [-0.4, -0.2) is 9.97 Å². The van der Waals surface area contributed by atoms with Crippen LogP contribution in [0.15, 0.2) is 6.33 Å². The number of H-pyrrole nitrogens is 1. The third kappa shape index (κ3) is 0.731. The molecule has 0 amide bonds. The van der Waals surface area contributed by atoms with Crippen molar-refractivity contribution < 1.29 is 0 Å². The topological polar surface area (TPSA) is 56.8 Å². The Morgan fingerprint density at radius 3 is 3.11 bits per heavy atom. The van der Waals surface area contributed by atoms with Gasteiger partial charge in [-0.15, -0.1) is 0 Å². The van der Waals surface area contributed by atoms with Crippen LogP contribution in [0.3, 0.4) is 0 Å². The summed E-state index contributed by atoms with van der Waals surface area (Å²) in [6, 6.07) is 1.77. The van der Waals surface area contributed by atoms with Crippen molar-refractivity contribution in [1.82, 2.24) is 9.97 Å². The van der Waals surface area contributed by atoms with Gasteiger partial charge in [-0.3, -0.25) is 4.98 Å². The van der Waals surface area contributed by atoms with Crippen molar-refractivity contribution in [3.8, 4) is 6.07 Å². The van der Waals surface area contributed by atoms with E-state index in [2.05, 4.69) is 14.8 Å². The fourth-order valence-corrected chi connectivity index (χ4v) is 0.455. The summed E-state index contributed by atoms with van der Waals surface area (Å²) >= 11 is 0. The van der Waals surface area contributed by atoms with Crippen LogP contribution in [0.5, 0.6) is 0 Å². The van der Waals surface area contributed by atoms with E-state index in [-0.39, 0.29) is 11.5 Å². The van der Waals surface area contributed by atoms with Gasteiger partial charge in [0.1, 0.15) is 6.07 Å². The van der Waals surface area contributed by atoms with Gasteiger partial charge >= 0.3 is 0 Å². The molecule has 0 unspecified atom stereocenters. The van der Waals surface area contributed by atoms with Gasteiger partial charge in [-0.1, -0.05) is 6.57 Å². The Morgan fingerprint density at radius 2 is 2.67 bits per heavy atom. The Kier molecular flexibility index (Phi) is 1.17. The molecule has 0 fully saturated rings. The van der Waals surface area contributed by atoms with Gasteiger partial charge in [0, 0.05) is 0 Å². The SMILES string of the molecule is [C-]#[N+]c1[nH]cnc1C#N. The van der Waals surface area contributed by atoms with Gasteiger partial charge in [-0.2, -0.15) is 5.26 Å². The highest BCUT2D eigenvalue weighted by molar-refractivity contribution is 5.47. The molecule has 0 aliphatic heterocycles. The van der Waals surface area contributed by atoms with Gasteiger partial charge < -0.3 is 4.85 Å². The molecule has 42 valence electrons. The molecule has 0 aliphatic carbocycles. The number of aromatic amines is 1. The van der Waals surface area contributed by atoms with Gasteiger partial charge in [0.25, 0.3) is 5.82 Å². The van der Waals surface area contributed by atoms with Crippen molar-refractivity contribution >= 4 is 5.82 Å². The molecule has 1 rings (SSSR count). The molecule has 1 N–H and O–H groups in total. The molecule has 0 aromatic carbocycles. The zero-order chi connectivity index (χ0) is 6.69. The maximum Gasteiger partial charge on any atom is 0.265 e. The minimum atomic E-state index is 0.157. The average Bonchev–Trinajstić information content (AvgIpc) is 2.33. The van der Waals surface area contributed by atoms with E-state index < -0.39 is 0 Å². The second kappa shape index (κ2) is 1.97. The minimum Gasteiger partial charge on any atom is -0.361 e. The molecule has 0 atom stereocenters. The Morgan fingerprint density at radius 1 is 1.89 bits per heavy atom. The minimum absolute atomic E-state index is 0.157. The number of aromatic nitrogens is 2. The first-order chi connectivity index (χ1) is 4.38. The molecular formula is C5H2N4. The largest absolute Gasteiger partial charge is 0.361 e. The summed E-state index contributed by atoms with van der Waals surface area (Å²) in [5, 5.41) is 8.26. The monoisotopic (exact) mass is 118 g/mol. The smallest absolute Gasteiger partial charge is 0.265 e. The summed E-state index contributed by atoms with van der Waals surface area (Å²) < 4.78 is 0. The molecular weight excluding hydrogens is 116 g/mol. The number of nitrogens with zero attached hydrogens (tertiary/aromatic N) is 3. The Balaban J connectivity index is 3.22. The van der Waals surface area contributed by atoms with Crippen LogP contribution in [0, 0.1) is 17.9 Å². The number of imidazole rings is 1. The van der Waals surface area contributed by atoms with E-state index in [1.54, 1.807) is 6.07 Å². The van der Waals surface area contributed by atoms with E-state index in [4.69, 9.17) is 11.8 Å². The van der Waals surface area contributed by atoms with Crippen molar-refractivity contribution in [2.45, 2.75) is 0 Å². The highest BCUT2D eigenvalue weighted by atomic mass is 15.0. The molecule has 0 aliphatic rings. The summed E-state index contributed by atoms with van der Waals surface area (Å²) in [5.41, 5.74) is 0.157. The Hall–Kier alpha value is -1.81. The van der Waals surface area contributed by atoms with Gasteiger partial charge in [-0.05, 0) is 0 Å².